The van der Waals surface area contributed by atoms with E-state index in [1.165, 1.54) is 6.92 Å². The van der Waals surface area contributed by atoms with Crippen molar-refractivity contribution < 1.29 is 54.0 Å². The molecule has 6 amide bonds. The van der Waals surface area contributed by atoms with Crippen LogP contribution in [0.25, 0.3) is 0 Å². The first kappa shape index (κ1) is 45.3. The van der Waals surface area contributed by atoms with Crippen molar-refractivity contribution in [3.05, 3.63) is 0 Å². The number of ketones is 2. The Morgan fingerprint density at radius 1 is 0.627 bits per heavy atom. The van der Waals surface area contributed by atoms with Crippen LogP contribution in [0, 0.1) is 5.92 Å². The highest BCUT2D eigenvalue weighted by molar-refractivity contribution is 6.03. The molecule has 1 aliphatic rings. The van der Waals surface area contributed by atoms with Gasteiger partial charge in [-0.2, -0.15) is 0 Å². The van der Waals surface area contributed by atoms with Crippen molar-refractivity contribution in [2.75, 3.05) is 32.7 Å². The van der Waals surface area contributed by atoms with Gasteiger partial charge in [-0.3, -0.25) is 58.9 Å². The van der Waals surface area contributed by atoms with E-state index in [2.05, 4.69) is 5.32 Å². The maximum absolute atomic E-state index is 12.1. The Morgan fingerprint density at radius 2 is 1.10 bits per heavy atom. The molecular formula is C35H59N5O11. The highest BCUT2D eigenvalue weighted by atomic mass is 16.5. The van der Waals surface area contributed by atoms with Gasteiger partial charge in [-0.1, -0.05) is 32.6 Å². The monoisotopic (exact) mass is 725 g/mol. The Morgan fingerprint density at radius 3 is 1.61 bits per heavy atom. The lowest BCUT2D eigenvalue weighted by atomic mass is 10.1. The molecule has 0 saturated carbocycles. The number of likely N-dealkylation sites (tertiary alicyclic amines) is 1. The smallest absolute Gasteiger partial charge is 0.246 e. The minimum absolute atomic E-state index is 0.0147. The predicted molar refractivity (Wildman–Crippen MR) is 183 cm³/mol. The van der Waals surface area contributed by atoms with Gasteiger partial charge in [0.1, 0.15) is 11.6 Å². The van der Waals surface area contributed by atoms with E-state index in [4.69, 9.17) is 0 Å². The molecule has 0 aromatic carbocycles. The van der Waals surface area contributed by atoms with E-state index in [1.807, 2.05) is 0 Å². The SMILES string of the molecule is CC(=O)N(O)CCCCCCC(=O)CCC(=O)N(O)CCCCCNC(=O)CCC(=O)N(O)CCCCCCC(=O)CCN1C(=O)CC(C)C1=O. The molecule has 16 heteroatoms. The summed E-state index contributed by atoms with van der Waals surface area (Å²) >= 11 is 0. The Balaban J connectivity index is 2.00. The number of hydrogen-bond donors (Lipinski definition) is 4. The summed E-state index contributed by atoms with van der Waals surface area (Å²) in [5.41, 5.74) is 0. The van der Waals surface area contributed by atoms with Crippen molar-refractivity contribution in [1.29, 1.82) is 0 Å². The number of unbranched alkanes of at least 4 members (excludes halogenated alkanes) is 8. The molecule has 4 N–H and O–H groups in total. The van der Waals surface area contributed by atoms with E-state index in [0.717, 1.165) is 24.2 Å². The summed E-state index contributed by atoms with van der Waals surface area (Å²) in [4.78, 5) is 96.2. The van der Waals surface area contributed by atoms with Gasteiger partial charge >= 0.3 is 0 Å². The normalized spacial score (nSPS) is 14.1. The van der Waals surface area contributed by atoms with Gasteiger partial charge in [0.25, 0.3) is 0 Å². The summed E-state index contributed by atoms with van der Waals surface area (Å²) in [6.07, 6.45) is 7.89. The molecule has 0 bridgehead atoms. The van der Waals surface area contributed by atoms with E-state index < -0.39 is 17.7 Å². The van der Waals surface area contributed by atoms with Crippen LogP contribution < -0.4 is 5.32 Å². The lowest BCUT2D eigenvalue weighted by Gasteiger charge is -2.15. The van der Waals surface area contributed by atoms with Crippen LogP contribution in [0.4, 0.5) is 0 Å². The molecule has 1 heterocycles. The summed E-state index contributed by atoms with van der Waals surface area (Å²) < 4.78 is 0. The summed E-state index contributed by atoms with van der Waals surface area (Å²) in [5, 5.41) is 33.8. The van der Waals surface area contributed by atoms with Crippen molar-refractivity contribution in [3.8, 4) is 0 Å². The Labute approximate surface area is 300 Å². The first-order chi connectivity index (χ1) is 24.2. The number of carbonyl (C=O) groups is 8. The third-order valence-corrected chi connectivity index (χ3v) is 8.73. The van der Waals surface area contributed by atoms with Gasteiger partial charge in [0, 0.05) is 96.9 Å². The van der Waals surface area contributed by atoms with Crippen LogP contribution in [0.1, 0.15) is 136 Å². The fourth-order valence-corrected chi connectivity index (χ4v) is 5.46. The van der Waals surface area contributed by atoms with Crippen molar-refractivity contribution in [2.24, 2.45) is 5.92 Å². The topological polar surface area (TPSA) is 222 Å². The average molecular weight is 726 g/mol. The predicted octanol–water partition coefficient (Wildman–Crippen LogP) is 3.33. The van der Waals surface area contributed by atoms with Gasteiger partial charge in [0.2, 0.25) is 35.4 Å². The molecule has 51 heavy (non-hydrogen) atoms. The standard InChI is InChI=1S/C35H59N5O11/c1-27-26-34(47)37(35(27)48)25-20-30(43)15-9-4-6-12-23-40(51)33(46)19-17-31(44)36-21-10-7-13-24-39(50)32(45)18-16-29(42)14-8-3-5-11-22-38(49)28(2)41/h27,49-51H,3-26H2,1-2H3,(H,36,44). The van der Waals surface area contributed by atoms with E-state index >= 15 is 0 Å². The quantitative estimate of drug-likeness (QED) is 0.0379. The number of nitrogens with zero attached hydrogens (tertiary/aromatic N) is 4. The number of amides is 6. The van der Waals surface area contributed by atoms with Crippen LogP contribution >= 0.6 is 0 Å². The molecule has 1 fully saturated rings. The minimum Gasteiger partial charge on any atom is -0.356 e. The third-order valence-electron chi connectivity index (χ3n) is 8.73. The lowest BCUT2D eigenvalue weighted by molar-refractivity contribution is -0.166. The van der Waals surface area contributed by atoms with Crippen LogP contribution in [0.5, 0.6) is 0 Å². The molecule has 1 atom stereocenters. The molecule has 0 aromatic heterocycles. The summed E-state index contributed by atoms with van der Waals surface area (Å²) in [6.45, 7) is 3.93. The molecule has 1 unspecified atom stereocenters. The van der Waals surface area contributed by atoms with Crippen molar-refractivity contribution in [1.82, 2.24) is 25.4 Å². The molecular weight excluding hydrogens is 666 g/mol. The first-order valence-electron chi connectivity index (χ1n) is 18.3. The summed E-state index contributed by atoms with van der Waals surface area (Å²) in [5.74, 6) is -2.69. The second-order valence-corrected chi connectivity index (χ2v) is 13.2. The van der Waals surface area contributed by atoms with E-state index in [-0.39, 0.29) is 99.9 Å². The second-order valence-electron chi connectivity index (χ2n) is 13.2. The Kier molecular flexibility index (Phi) is 23.1. The highest BCUT2D eigenvalue weighted by Gasteiger charge is 2.35. The Hall–Kier alpha value is -3.76. The zero-order valence-electron chi connectivity index (χ0n) is 30.4. The molecule has 1 saturated heterocycles. The number of nitrogens with one attached hydrogen (secondary N) is 1. The van der Waals surface area contributed by atoms with Gasteiger partial charge in [-0.15, -0.1) is 0 Å². The van der Waals surface area contributed by atoms with Gasteiger partial charge in [-0.05, 0) is 44.9 Å². The van der Waals surface area contributed by atoms with Crippen LogP contribution in [-0.2, 0) is 38.4 Å². The molecule has 0 spiro atoms. The average Bonchev–Trinajstić information content (AvgIpc) is 3.34. The van der Waals surface area contributed by atoms with E-state index in [1.54, 1.807) is 6.92 Å². The fraction of sp³-hybridized carbons (Fsp3) is 0.771. The Bertz CT molecular complexity index is 1160. The molecule has 0 aliphatic carbocycles. The number of hydroxylamine groups is 6. The second kappa shape index (κ2) is 26.1. The molecule has 0 aromatic rings. The van der Waals surface area contributed by atoms with Crippen LogP contribution in [0.15, 0.2) is 0 Å². The van der Waals surface area contributed by atoms with Gasteiger partial charge < -0.3 is 5.32 Å². The number of rotatable bonds is 29. The first-order valence-corrected chi connectivity index (χ1v) is 18.3. The summed E-state index contributed by atoms with van der Waals surface area (Å²) in [6, 6.07) is 0. The molecule has 16 nitrogen and oxygen atoms in total. The van der Waals surface area contributed by atoms with Gasteiger partial charge in [0.15, 0.2) is 0 Å². The maximum atomic E-state index is 12.1. The van der Waals surface area contributed by atoms with Crippen molar-refractivity contribution in [3.63, 3.8) is 0 Å². The van der Waals surface area contributed by atoms with Crippen LogP contribution in [-0.4, -0.2) is 115 Å². The molecule has 1 aliphatic heterocycles. The lowest BCUT2D eigenvalue weighted by Crippen LogP contribution is -2.32. The maximum Gasteiger partial charge on any atom is 0.246 e. The zero-order valence-corrected chi connectivity index (χ0v) is 30.4. The van der Waals surface area contributed by atoms with Crippen molar-refractivity contribution in [2.45, 2.75) is 136 Å². The number of imide groups is 1. The zero-order chi connectivity index (χ0) is 38.2. The molecule has 0 radical (unpaired) electrons. The van der Waals surface area contributed by atoms with E-state index in [9.17, 15) is 54.0 Å². The fourth-order valence-electron chi connectivity index (χ4n) is 5.46. The van der Waals surface area contributed by atoms with Crippen molar-refractivity contribution >= 4 is 47.0 Å². The van der Waals surface area contributed by atoms with Crippen LogP contribution in [0.3, 0.4) is 0 Å². The molecule has 290 valence electrons. The highest BCUT2D eigenvalue weighted by Crippen LogP contribution is 2.19. The van der Waals surface area contributed by atoms with Gasteiger partial charge in [-0.25, -0.2) is 15.2 Å². The molecule has 1 rings (SSSR count). The number of hydrogen-bond acceptors (Lipinski definition) is 11. The largest absolute Gasteiger partial charge is 0.356 e. The van der Waals surface area contributed by atoms with E-state index in [0.29, 0.717) is 85.9 Å². The minimum atomic E-state index is -0.562. The number of Topliss-reactive ketones (excluding diaryl/α,β-unsaturated/α-hetero) is 2. The third kappa shape index (κ3) is 20.6. The summed E-state index contributed by atoms with van der Waals surface area (Å²) in [7, 11) is 0. The van der Waals surface area contributed by atoms with Crippen LogP contribution in [0.2, 0.25) is 0 Å². The number of carbonyl (C=O) groups excluding carboxylic acids is 8. The van der Waals surface area contributed by atoms with Gasteiger partial charge in [0.05, 0.1) is 0 Å².